The van der Waals surface area contributed by atoms with Gasteiger partial charge in [-0.1, -0.05) is 0 Å². The van der Waals surface area contributed by atoms with Crippen LogP contribution in [0, 0.1) is 0 Å². The fourth-order valence-electron chi connectivity index (χ4n) is 3.74. The zero-order valence-electron chi connectivity index (χ0n) is 20.2. The van der Waals surface area contributed by atoms with Gasteiger partial charge >= 0.3 is 17.5 Å². The normalized spacial score (nSPS) is 11.6. The predicted molar refractivity (Wildman–Crippen MR) is 139 cm³/mol. The SMILES string of the molecule is Nc1nc(=O)c2nc(CN(c3ccc(O)cc3)c3ccc(C(=O)N[C@@H](CCC(=O)O)C(=O)O)cc3)cnc2[nH]1. The molecular formula is C25H23N7O7. The van der Waals surface area contributed by atoms with E-state index >= 15 is 0 Å². The Morgan fingerprint density at radius 2 is 1.64 bits per heavy atom. The number of amides is 1. The van der Waals surface area contributed by atoms with Crippen LogP contribution in [-0.4, -0.2) is 59.1 Å². The number of benzene rings is 2. The minimum atomic E-state index is -1.36. The zero-order valence-corrected chi connectivity index (χ0v) is 20.2. The van der Waals surface area contributed by atoms with Crippen molar-refractivity contribution in [2.45, 2.75) is 25.4 Å². The first-order valence-corrected chi connectivity index (χ1v) is 11.5. The fraction of sp³-hybridized carbons (Fsp3) is 0.160. The molecule has 0 saturated carbocycles. The molecule has 0 saturated heterocycles. The Morgan fingerprint density at radius 1 is 1.00 bits per heavy atom. The lowest BCUT2D eigenvalue weighted by atomic mass is 10.1. The lowest BCUT2D eigenvalue weighted by molar-refractivity contribution is -0.140. The van der Waals surface area contributed by atoms with E-state index in [1.54, 1.807) is 29.2 Å². The van der Waals surface area contributed by atoms with Crippen molar-refractivity contribution in [1.29, 1.82) is 0 Å². The average molecular weight is 534 g/mol. The quantitative estimate of drug-likeness (QED) is 0.170. The molecule has 4 rings (SSSR count). The number of carboxylic acids is 2. The highest BCUT2D eigenvalue weighted by atomic mass is 16.4. The molecule has 0 aliphatic heterocycles. The number of carbonyl (C=O) groups excluding carboxylic acids is 1. The molecule has 1 amide bonds. The highest BCUT2D eigenvalue weighted by Gasteiger charge is 2.22. The molecule has 2 aromatic heterocycles. The summed E-state index contributed by atoms with van der Waals surface area (Å²) in [6, 6.07) is 11.2. The third-order valence-corrected chi connectivity index (χ3v) is 5.67. The van der Waals surface area contributed by atoms with Crippen LogP contribution in [0.1, 0.15) is 28.9 Å². The molecule has 2 heterocycles. The molecule has 14 nitrogen and oxygen atoms in total. The van der Waals surface area contributed by atoms with E-state index in [0.717, 1.165) is 0 Å². The van der Waals surface area contributed by atoms with Crippen LogP contribution in [0.4, 0.5) is 17.3 Å². The summed E-state index contributed by atoms with van der Waals surface area (Å²) in [4.78, 5) is 63.8. The average Bonchev–Trinajstić information content (AvgIpc) is 2.90. The van der Waals surface area contributed by atoms with Gasteiger partial charge in [-0.05, 0) is 55.0 Å². The van der Waals surface area contributed by atoms with Crippen molar-refractivity contribution in [3.63, 3.8) is 0 Å². The maximum atomic E-state index is 12.6. The number of nitrogen functional groups attached to an aromatic ring is 1. The van der Waals surface area contributed by atoms with Gasteiger partial charge in [0.05, 0.1) is 18.4 Å². The standard InChI is InChI=1S/C25H23N7O7/c26-25-30-21-20(23(37)31-25)28-14(11-27-21)12-32(16-5-7-17(33)8-6-16)15-3-1-13(2-4-15)22(36)29-18(24(38)39)9-10-19(34)35/h1-8,11,18,33H,9-10,12H2,(H,29,36)(H,34,35)(H,38,39)(H3,26,27,30,31,37)/t18-/m0/s1. The van der Waals surface area contributed by atoms with E-state index in [1.807, 2.05) is 0 Å². The number of nitrogens with two attached hydrogens (primary N) is 1. The van der Waals surface area contributed by atoms with E-state index in [4.69, 9.17) is 10.8 Å². The van der Waals surface area contributed by atoms with Crippen molar-refractivity contribution in [2.24, 2.45) is 0 Å². The van der Waals surface area contributed by atoms with Crippen LogP contribution in [-0.2, 0) is 16.1 Å². The Morgan fingerprint density at radius 3 is 2.26 bits per heavy atom. The van der Waals surface area contributed by atoms with Gasteiger partial charge in [0.2, 0.25) is 5.95 Å². The summed E-state index contributed by atoms with van der Waals surface area (Å²) in [5.41, 5.74) is 6.95. The molecular weight excluding hydrogens is 510 g/mol. The van der Waals surface area contributed by atoms with Crippen LogP contribution < -0.4 is 21.5 Å². The van der Waals surface area contributed by atoms with Crippen LogP contribution in [0.25, 0.3) is 11.2 Å². The molecule has 0 fully saturated rings. The molecule has 0 spiro atoms. The summed E-state index contributed by atoms with van der Waals surface area (Å²) in [7, 11) is 0. The zero-order chi connectivity index (χ0) is 28.1. The number of nitrogens with one attached hydrogen (secondary N) is 2. The molecule has 4 aromatic rings. The van der Waals surface area contributed by atoms with E-state index in [9.17, 15) is 29.4 Å². The molecule has 14 heteroatoms. The molecule has 2 aromatic carbocycles. The highest BCUT2D eigenvalue weighted by Crippen LogP contribution is 2.29. The van der Waals surface area contributed by atoms with Gasteiger partial charge in [-0.3, -0.25) is 14.4 Å². The molecule has 200 valence electrons. The van der Waals surface area contributed by atoms with E-state index in [2.05, 4.69) is 25.3 Å². The minimum Gasteiger partial charge on any atom is -0.508 e. The minimum absolute atomic E-state index is 0.00950. The predicted octanol–water partition coefficient (Wildman–Crippen LogP) is 1.39. The van der Waals surface area contributed by atoms with Gasteiger partial charge in [0.1, 0.15) is 11.8 Å². The number of aromatic nitrogens is 4. The van der Waals surface area contributed by atoms with Crippen molar-refractivity contribution in [2.75, 3.05) is 10.6 Å². The molecule has 0 bridgehead atoms. The van der Waals surface area contributed by atoms with Gasteiger partial charge in [0, 0.05) is 23.4 Å². The topological polar surface area (TPSA) is 225 Å². The summed E-state index contributed by atoms with van der Waals surface area (Å²) >= 11 is 0. The number of hydrogen-bond donors (Lipinski definition) is 6. The third kappa shape index (κ3) is 6.43. The summed E-state index contributed by atoms with van der Waals surface area (Å²) in [5, 5.41) is 30.2. The van der Waals surface area contributed by atoms with Gasteiger partial charge < -0.3 is 36.3 Å². The third-order valence-electron chi connectivity index (χ3n) is 5.67. The van der Waals surface area contributed by atoms with Gasteiger partial charge in [0.15, 0.2) is 11.2 Å². The molecule has 0 radical (unpaired) electrons. The highest BCUT2D eigenvalue weighted by molar-refractivity contribution is 5.97. The van der Waals surface area contributed by atoms with Crippen LogP contribution in [0.3, 0.4) is 0 Å². The molecule has 0 unspecified atom stereocenters. The number of aromatic amines is 1. The Labute approximate surface area is 219 Å². The first-order valence-electron chi connectivity index (χ1n) is 11.5. The number of carboxylic acid groups (broad SMARTS) is 2. The summed E-state index contributed by atoms with van der Waals surface area (Å²) < 4.78 is 0. The molecule has 0 aliphatic rings. The van der Waals surface area contributed by atoms with Crippen LogP contribution in [0.15, 0.2) is 59.5 Å². The van der Waals surface area contributed by atoms with Crippen molar-refractivity contribution in [3.05, 3.63) is 76.3 Å². The molecule has 1 atom stereocenters. The van der Waals surface area contributed by atoms with E-state index in [-0.39, 0.29) is 41.4 Å². The first kappa shape index (κ1) is 26.5. The number of rotatable bonds is 10. The number of anilines is 3. The molecule has 7 N–H and O–H groups in total. The number of phenolic OH excluding ortho intramolecular Hbond substituents is 1. The van der Waals surface area contributed by atoms with Gasteiger partial charge in [-0.15, -0.1) is 0 Å². The van der Waals surface area contributed by atoms with E-state index in [0.29, 0.717) is 17.1 Å². The Balaban J connectivity index is 1.61. The van der Waals surface area contributed by atoms with Gasteiger partial charge in [-0.2, -0.15) is 4.98 Å². The number of nitrogens with zero attached hydrogens (tertiary/aromatic N) is 4. The Kier molecular flexibility index (Phi) is 7.65. The number of fused-ring (bicyclic) bond motifs is 1. The monoisotopic (exact) mass is 533 g/mol. The van der Waals surface area contributed by atoms with Gasteiger partial charge in [0.25, 0.3) is 5.91 Å². The lowest BCUT2D eigenvalue weighted by Crippen LogP contribution is -2.41. The Hall–Kier alpha value is -5.53. The van der Waals surface area contributed by atoms with Crippen molar-refractivity contribution >= 4 is 46.3 Å². The summed E-state index contributed by atoms with van der Waals surface area (Å²) in [6.45, 7) is 0.138. The largest absolute Gasteiger partial charge is 0.508 e. The summed E-state index contributed by atoms with van der Waals surface area (Å²) in [5.74, 6) is -3.21. The number of phenols is 1. The fourth-order valence-corrected chi connectivity index (χ4v) is 3.74. The smallest absolute Gasteiger partial charge is 0.326 e. The second kappa shape index (κ2) is 11.2. The van der Waals surface area contributed by atoms with Crippen molar-refractivity contribution in [1.82, 2.24) is 25.3 Å². The number of aromatic hydroxyl groups is 1. The number of hydrogen-bond acceptors (Lipinski definition) is 10. The van der Waals surface area contributed by atoms with Crippen LogP contribution in [0.5, 0.6) is 5.75 Å². The van der Waals surface area contributed by atoms with Crippen molar-refractivity contribution < 1.29 is 29.7 Å². The summed E-state index contributed by atoms with van der Waals surface area (Å²) in [6.07, 6.45) is 0.793. The van der Waals surface area contributed by atoms with Crippen LogP contribution in [0.2, 0.25) is 0 Å². The maximum Gasteiger partial charge on any atom is 0.326 e. The van der Waals surface area contributed by atoms with E-state index in [1.165, 1.54) is 30.5 Å². The number of aliphatic carboxylic acids is 2. The first-order chi connectivity index (χ1) is 18.6. The molecule has 0 aliphatic carbocycles. The number of carbonyl (C=O) groups is 3. The van der Waals surface area contributed by atoms with Crippen LogP contribution >= 0.6 is 0 Å². The van der Waals surface area contributed by atoms with E-state index < -0.39 is 35.9 Å². The maximum absolute atomic E-state index is 12.6. The second-order valence-electron chi connectivity index (χ2n) is 8.43. The Bertz CT molecular complexity index is 1590. The second-order valence-corrected chi connectivity index (χ2v) is 8.43. The number of H-pyrrole nitrogens is 1. The molecule has 39 heavy (non-hydrogen) atoms. The van der Waals surface area contributed by atoms with Crippen molar-refractivity contribution in [3.8, 4) is 5.75 Å². The lowest BCUT2D eigenvalue weighted by Gasteiger charge is -2.25. The van der Waals surface area contributed by atoms with Gasteiger partial charge in [-0.25, -0.2) is 14.8 Å².